The first-order valence-corrected chi connectivity index (χ1v) is 14.1. The van der Waals surface area contributed by atoms with Gasteiger partial charge in [0.25, 0.3) is 0 Å². The lowest BCUT2D eigenvalue weighted by atomic mass is 9.98. The van der Waals surface area contributed by atoms with E-state index < -0.39 is 0 Å². The number of aryl methyl sites for hydroxylation is 2. The molecule has 0 saturated heterocycles. The summed E-state index contributed by atoms with van der Waals surface area (Å²) in [4.78, 5) is 4.77. The molecule has 0 aliphatic carbocycles. The maximum Gasteiger partial charge on any atom is 0.0517 e. The zero-order chi connectivity index (χ0) is 28.2. The molecule has 0 amide bonds. The van der Waals surface area contributed by atoms with Crippen LogP contribution in [-0.2, 0) is 0 Å². The molecule has 6 aromatic carbocycles. The van der Waals surface area contributed by atoms with E-state index in [0.29, 0.717) is 0 Å². The van der Waals surface area contributed by atoms with E-state index in [-0.39, 0.29) is 0 Å². The van der Waals surface area contributed by atoms with E-state index in [4.69, 9.17) is 0 Å². The van der Waals surface area contributed by atoms with Crippen LogP contribution in [0, 0.1) is 20.8 Å². The molecule has 0 spiro atoms. The molecule has 2 nitrogen and oxygen atoms in total. The van der Waals surface area contributed by atoms with Crippen molar-refractivity contribution in [1.29, 1.82) is 0 Å². The largest absolute Gasteiger partial charge is 0.310 e. The van der Waals surface area contributed by atoms with Crippen molar-refractivity contribution in [3.8, 4) is 11.1 Å². The Kier molecular flexibility index (Phi) is 7.38. The molecular formula is C39H34N2. The quantitative estimate of drug-likeness (QED) is 0.202. The van der Waals surface area contributed by atoms with E-state index in [1.165, 1.54) is 27.8 Å². The van der Waals surface area contributed by atoms with Gasteiger partial charge in [-0.2, -0.15) is 0 Å². The highest BCUT2D eigenvalue weighted by Gasteiger charge is 2.23. The average Bonchev–Trinajstić information content (AvgIpc) is 3.01. The van der Waals surface area contributed by atoms with Gasteiger partial charge < -0.3 is 9.80 Å². The van der Waals surface area contributed by atoms with Crippen LogP contribution >= 0.6 is 0 Å². The Morgan fingerprint density at radius 2 is 0.707 bits per heavy atom. The summed E-state index contributed by atoms with van der Waals surface area (Å²) in [7, 11) is 0. The van der Waals surface area contributed by atoms with Crippen LogP contribution in [0.4, 0.5) is 34.1 Å². The van der Waals surface area contributed by atoms with Crippen LogP contribution in [0.2, 0.25) is 0 Å². The molecule has 0 N–H and O–H groups in total. The fourth-order valence-corrected chi connectivity index (χ4v) is 5.61. The zero-order valence-electron chi connectivity index (χ0n) is 23.8. The van der Waals surface area contributed by atoms with Gasteiger partial charge >= 0.3 is 0 Å². The second kappa shape index (κ2) is 11.6. The van der Waals surface area contributed by atoms with E-state index in [0.717, 1.165) is 34.1 Å². The predicted molar refractivity (Wildman–Crippen MR) is 175 cm³/mol. The predicted octanol–water partition coefficient (Wildman–Crippen LogP) is 11.2. The summed E-state index contributed by atoms with van der Waals surface area (Å²) < 4.78 is 0. The summed E-state index contributed by atoms with van der Waals surface area (Å²) in [6.45, 7) is 6.59. The summed E-state index contributed by atoms with van der Waals surface area (Å²) >= 11 is 0. The molecule has 6 aromatic rings. The van der Waals surface area contributed by atoms with Crippen LogP contribution in [0.1, 0.15) is 16.7 Å². The lowest BCUT2D eigenvalue weighted by molar-refractivity contribution is 1.20. The molecule has 41 heavy (non-hydrogen) atoms. The van der Waals surface area contributed by atoms with Gasteiger partial charge in [0, 0.05) is 22.7 Å². The summed E-state index contributed by atoms with van der Waals surface area (Å²) in [6, 6.07) is 54.1. The van der Waals surface area contributed by atoms with E-state index >= 15 is 0 Å². The van der Waals surface area contributed by atoms with Gasteiger partial charge in [-0.05, 0) is 109 Å². The van der Waals surface area contributed by atoms with Gasteiger partial charge in [-0.3, -0.25) is 0 Å². The smallest absolute Gasteiger partial charge is 0.0517 e. The molecule has 2 heteroatoms. The Morgan fingerprint density at radius 1 is 0.341 bits per heavy atom. The second-order valence-corrected chi connectivity index (χ2v) is 10.5. The Bertz CT molecular complexity index is 1690. The van der Waals surface area contributed by atoms with E-state index in [9.17, 15) is 0 Å². The van der Waals surface area contributed by atoms with Crippen LogP contribution in [0.15, 0.2) is 152 Å². The van der Waals surface area contributed by atoms with Crippen LogP contribution in [-0.4, -0.2) is 0 Å². The lowest BCUT2D eigenvalue weighted by Gasteiger charge is -2.33. The number of hydrogen-bond donors (Lipinski definition) is 0. The summed E-state index contributed by atoms with van der Waals surface area (Å²) in [6.07, 6.45) is 0. The van der Waals surface area contributed by atoms with Crippen molar-refractivity contribution in [2.75, 3.05) is 9.80 Å². The first-order chi connectivity index (χ1) is 20.1. The van der Waals surface area contributed by atoms with Gasteiger partial charge in [-0.25, -0.2) is 0 Å². The number of para-hydroxylation sites is 3. The Morgan fingerprint density at radius 3 is 1.12 bits per heavy atom. The van der Waals surface area contributed by atoms with Gasteiger partial charge in [0.2, 0.25) is 0 Å². The van der Waals surface area contributed by atoms with Crippen molar-refractivity contribution in [3.05, 3.63) is 168 Å². The van der Waals surface area contributed by atoms with Crippen molar-refractivity contribution in [2.45, 2.75) is 20.8 Å². The zero-order valence-corrected chi connectivity index (χ0v) is 23.8. The summed E-state index contributed by atoms with van der Waals surface area (Å²) in [5.74, 6) is 0. The van der Waals surface area contributed by atoms with Gasteiger partial charge in [-0.15, -0.1) is 0 Å². The maximum absolute atomic E-state index is 2.40. The lowest BCUT2D eigenvalue weighted by Crippen LogP contribution is -2.16. The summed E-state index contributed by atoms with van der Waals surface area (Å²) in [5, 5.41) is 0. The molecule has 0 bridgehead atoms. The Balaban J connectivity index is 1.67. The maximum atomic E-state index is 2.40. The molecular weight excluding hydrogens is 496 g/mol. The number of rotatable bonds is 7. The molecule has 0 heterocycles. The van der Waals surface area contributed by atoms with Gasteiger partial charge in [-0.1, -0.05) is 91.0 Å². The Hall–Kier alpha value is -5.08. The van der Waals surface area contributed by atoms with Crippen molar-refractivity contribution >= 4 is 34.1 Å². The molecule has 0 saturated carbocycles. The highest BCUT2D eigenvalue weighted by Crippen LogP contribution is 2.46. The number of nitrogens with zero attached hydrogens (tertiary/aromatic N) is 2. The van der Waals surface area contributed by atoms with Crippen LogP contribution in [0.25, 0.3) is 11.1 Å². The monoisotopic (exact) mass is 530 g/mol. The molecule has 0 radical (unpaired) electrons. The molecule has 0 atom stereocenters. The molecule has 0 fully saturated rings. The third-order valence-electron chi connectivity index (χ3n) is 7.45. The third-order valence-corrected chi connectivity index (χ3v) is 7.45. The first-order valence-electron chi connectivity index (χ1n) is 14.1. The topological polar surface area (TPSA) is 6.48 Å². The van der Waals surface area contributed by atoms with Crippen molar-refractivity contribution in [1.82, 2.24) is 0 Å². The van der Waals surface area contributed by atoms with Crippen LogP contribution in [0.5, 0.6) is 0 Å². The van der Waals surface area contributed by atoms with Crippen molar-refractivity contribution in [2.24, 2.45) is 0 Å². The number of anilines is 6. The fourth-order valence-electron chi connectivity index (χ4n) is 5.61. The standard InChI is InChI=1S/C39H34N2/c1-29-24-30(2)26-37(25-29)41(36-22-14-7-15-23-36)39-28-33(32-16-8-4-9-17-32)27-38(31(39)3)40(34-18-10-5-11-19-34)35-20-12-6-13-21-35/h4-28H,1-3H3. The number of benzene rings is 6. The Labute approximate surface area is 243 Å². The van der Waals surface area contributed by atoms with Gasteiger partial charge in [0.15, 0.2) is 0 Å². The van der Waals surface area contributed by atoms with E-state index in [1.807, 2.05) is 0 Å². The fraction of sp³-hybridized carbons (Fsp3) is 0.0769. The van der Waals surface area contributed by atoms with Crippen molar-refractivity contribution in [3.63, 3.8) is 0 Å². The molecule has 0 unspecified atom stereocenters. The van der Waals surface area contributed by atoms with Crippen LogP contribution in [0.3, 0.4) is 0 Å². The molecule has 200 valence electrons. The minimum atomic E-state index is 1.12. The minimum absolute atomic E-state index is 1.12. The molecule has 0 aromatic heterocycles. The first kappa shape index (κ1) is 26.2. The SMILES string of the molecule is Cc1cc(C)cc(N(c2ccccc2)c2cc(-c3ccccc3)cc(N(c3ccccc3)c3ccccc3)c2C)c1. The van der Waals surface area contributed by atoms with E-state index in [1.54, 1.807) is 0 Å². The summed E-state index contributed by atoms with van der Waals surface area (Å²) in [5.41, 5.74) is 12.8. The molecule has 0 aliphatic rings. The molecule has 0 aliphatic heterocycles. The third kappa shape index (κ3) is 5.50. The van der Waals surface area contributed by atoms with Crippen LogP contribution < -0.4 is 9.80 Å². The minimum Gasteiger partial charge on any atom is -0.310 e. The average molecular weight is 531 g/mol. The second-order valence-electron chi connectivity index (χ2n) is 10.5. The van der Waals surface area contributed by atoms with Gasteiger partial charge in [0.1, 0.15) is 0 Å². The van der Waals surface area contributed by atoms with Crippen molar-refractivity contribution < 1.29 is 0 Å². The highest BCUT2D eigenvalue weighted by atomic mass is 15.2. The number of hydrogen-bond acceptors (Lipinski definition) is 2. The molecule has 6 rings (SSSR count). The highest BCUT2D eigenvalue weighted by molar-refractivity contribution is 5.90. The van der Waals surface area contributed by atoms with Gasteiger partial charge in [0.05, 0.1) is 11.4 Å². The normalized spacial score (nSPS) is 10.8. The van der Waals surface area contributed by atoms with E-state index in [2.05, 4.69) is 182 Å².